The van der Waals surface area contributed by atoms with Crippen LogP contribution in [0.2, 0.25) is 0 Å². The van der Waals surface area contributed by atoms with Crippen molar-refractivity contribution in [1.29, 1.82) is 0 Å². The molecule has 9 atom stereocenters. The van der Waals surface area contributed by atoms with Crippen LogP contribution in [0.4, 0.5) is 0 Å². The summed E-state index contributed by atoms with van der Waals surface area (Å²) >= 11 is 0. The number of carbonyl (C=O) groups is 2. The summed E-state index contributed by atoms with van der Waals surface area (Å²) in [7, 11) is 1.38. The first-order valence-electron chi connectivity index (χ1n) is 13.0. The molecule has 13 heteroatoms. The Kier molecular flexibility index (Phi) is 8.55. The third-order valence-corrected chi connectivity index (χ3v) is 7.68. The molecule has 5 rings (SSSR count). The van der Waals surface area contributed by atoms with Crippen molar-refractivity contribution in [3.63, 3.8) is 0 Å². The van der Waals surface area contributed by atoms with Gasteiger partial charge in [-0.15, -0.1) is 0 Å². The van der Waals surface area contributed by atoms with Gasteiger partial charge in [-0.1, -0.05) is 24.3 Å². The highest BCUT2D eigenvalue weighted by Crippen LogP contribution is 2.38. The average Bonchev–Trinajstić information content (AvgIpc) is 2.97. The number of aliphatic hydroxyl groups is 6. The minimum Gasteiger partial charge on any atom is -0.496 e. The highest BCUT2D eigenvalue weighted by molar-refractivity contribution is 6.29. The second kappa shape index (κ2) is 11.8. The largest absolute Gasteiger partial charge is 0.496 e. The molecule has 2 aliphatic heterocycles. The van der Waals surface area contributed by atoms with E-state index in [0.717, 1.165) is 0 Å². The highest BCUT2D eigenvalue weighted by atomic mass is 16.7. The molecule has 13 nitrogen and oxygen atoms in total. The summed E-state index contributed by atoms with van der Waals surface area (Å²) in [5.41, 5.74) is 1.80. The Bertz CT molecular complexity index is 1310. The lowest BCUT2D eigenvalue weighted by atomic mass is 9.81. The standard InChI is InChI=1S/C28H32O13/c1-11-12(7-15-18(26(11)37-2)20(31)14-6-4-3-5-13(14)19(15)30)8-38-28-25(36)23(34)22(33)17(41-28)10-40-27-24(35)21(32)16(29)9-39-27/h3-7,16-17,21-25,27-29,32-36H,8-10H2,1-2H3/t16-,17-,21+,22-,23+,24-,25-,27+,28-/m1/s1. The van der Waals surface area contributed by atoms with Crippen LogP contribution in [0, 0.1) is 6.92 Å². The maximum Gasteiger partial charge on any atom is 0.198 e. The Morgan fingerprint density at radius 3 is 2.17 bits per heavy atom. The van der Waals surface area contributed by atoms with Crippen molar-refractivity contribution in [3.05, 3.63) is 63.7 Å². The molecule has 3 aliphatic rings. The molecular formula is C28H32O13. The van der Waals surface area contributed by atoms with E-state index in [2.05, 4.69) is 0 Å². The van der Waals surface area contributed by atoms with Crippen molar-refractivity contribution >= 4 is 11.6 Å². The van der Waals surface area contributed by atoms with Crippen molar-refractivity contribution in [1.82, 2.24) is 0 Å². The number of hydrogen-bond donors (Lipinski definition) is 6. The van der Waals surface area contributed by atoms with Crippen LogP contribution in [0.1, 0.15) is 43.0 Å². The molecule has 0 radical (unpaired) electrons. The number of hydrogen-bond acceptors (Lipinski definition) is 13. The molecule has 0 aromatic heterocycles. The van der Waals surface area contributed by atoms with Crippen molar-refractivity contribution in [2.24, 2.45) is 0 Å². The smallest absolute Gasteiger partial charge is 0.198 e. The Morgan fingerprint density at radius 1 is 0.829 bits per heavy atom. The summed E-state index contributed by atoms with van der Waals surface area (Å²) in [6, 6.07) is 8.01. The zero-order chi connectivity index (χ0) is 29.6. The first-order chi connectivity index (χ1) is 19.5. The molecule has 6 N–H and O–H groups in total. The van der Waals surface area contributed by atoms with Gasteiger partial charge in [-0.25, -0.2) is 0 Å². The Morgan fingerprint density at radius 2 is 1.49 bits per heavy atom. The molecule has 2 saturated heterocycles. The third kappa shape index (κ3) is 5.30. The number of methoxy groups -OCH3 is 1. The van der Waals surface area contributed by atoms with Crippen LogP contribution in [0.25, 0.3) is 0 Å². The first kappa shape index (κ1) is 29.7. The summed E-state index contributed by atoms with van der Waals surface area (Å²) < 4.78 is 27.6. The van der Waals surface area contributed by atoms with Crippen LogP contribution in [-0.2, 0) is 25.6 Å². The Hall–Kier alpha value is -2.82. The summed E-state index contributed by atoms with van der Waals surface area (Å²) in [5.74, 6) is -0.494. The molecule has 0 unspecified atom stereocenters. The minimum absolute atomic E-state index is 0.139. The lowest BCUT2D eigenvalue weighted by molar-refractivity contribution is -0.322. The third-order valence-electron chi connectivity index (χ3n) is 7.68. The zero-order valence-electron chi connectivity index (χ0n) is 22.2. The topological polar surface area (TPSA) is 202 Å². The molecule has 0 amide bonds. The first-order valence-corrected chi connectivity index (χ1v) is 13.0. The Labute approximate surface area is 234 Å². The summed E-state index contributed by atoms with van der Waals surface area (Å²) in [6.45, 7) is 0.722. The average molecular weight is 577 g/mol. The highest BCUT2D eigenvalue weighted by Gasteiger charge is 2.46. The maximum absolute atomic E-state index is 13.3. The van der Waals surface area contributed by atoms with Crippen LogP contribution < -0.4 is 4.74 Å². The van der Waals surface area contributed by atoms with E-state index in [-0.39, 0.29) is 52.8 Å². The van der Waals surface area contributed by atoms with Gasteiger partial charge in [0.2, 0.25) is 0 Å². The molecule has 2 fully saturated rings. The SMILES string of the molecule is COc1c(C)c(CO[C@@H]2O[C@H](CO[C@@H]3OC[C@@H](O)[C@H](O)[C@H]3O)[C@@H](O)[C@H](O)[C@H]2O)cc2c1C(=O)c1ccccc1C2=O. The number of aliphatic hydroxyl groups excluding tert-OH is 6. The van der Waals surface area contributed by atoms with Crippen molar-refractivity contribution in [3.8, 4) is 5.75 Å². The van der Waals surface area contributed by atoms with Gasteiger partial charge < -0.3 is 54.3 Å². The van der Waals surface area contributed by atoms with Crippen LogP contribution in [0.15, 0.2) is 30.3 Å². The summed E-state index contributed by atoms with van der Waals surface area (Å²) in [6.07, 6.45) is -13.4. The number of ether oxygens (including phenoxy) is 5. The molecule has 2 heterocycles. The van der Waals surface area contributed by atoms with E-state index in [1.807, 2.05) is 0 Å². The van der Waals surface area contributed by atoms with Crippen LogP contribution >= 0.6 is 0 Å². The van der Waals surface area contributed by atoms with Gasteiger partial charge in [0.05, 0.1) is 32.5 Å². The molecule has 222 valence electrons. The number of ketones is 2. The van der Waals surface area contributed by atoms with E-state index < -0.39 is 61.9 Å². The van der Waals surface area contributed by atoms with Crippen molar-refractivity contribution < 1.29 is 63.9 Å². The maximum atomic E-state index is 13.3. The van der Waals surface area contributed by atoms with Gasteiger partial charge in [0.1, 0.15) is 48.5 Å². The molecule has 0 spiro atoms. The van der Waals surface area contributed by atoms with E-state index >= 15 is 0 Å². The van der Waals surface area contributed by atoms with Gasteiger partial charge >= 0.3 is 0 Å². The van der Waals surface area contributed by atoms with E-state index in [1.165, 1.54) is 13.2 Å². The molecule has 2 aromatic rings. The second-order valence-electron chi connectivity index (χ2n) is 10.2. The van der Waals surface area contributed by atoms with Gasteiger partial charge in [-0.3, -0.25) is 9.59 Å². The number of rotatable bonds is 7. The van der Waals surface area contributed by atoms with Crippen molar-refractivity contribution in [2.75, 3.05) is 20.3 Å². The lowest BCUT2D eigenvalue weighted by Gasteiger charge is -2.41. The van der Waals surface area contributed by atoms with Crippen LogP contribution in [0.5, 0.6) is 5.75 Å². The fourth-order valence-corrected chi connectivity index (χ4v) is 5.26. The molecule has 41 heavy (non-hydrogen) atoms. The van der Waals surface area contributed by atoms with Crippen LogP contribution in [-0.4, -0.2) is 118 Å². The van der Waals surface area contributed by atoms with E-state index in [4.69, 9.17) is 23.7 Å². The van der Waals surface area contributed by atoms with Gasteiger partial charge in [-0.05, 0) is 24.1 Å². The van der Waals surface area contributed by atoms with E-state index in [1.54, 1.807) is 31.2 Å². The van der Waals surface area contributed by atoms with Gasteiger partial charge in [0, 0.05) is 16.7 Å². The van der Waals surface area contributed by atoms with Gasteiger partial charge in [0.25, 0.3) is 0 Å². The molecular weight excluding hydrogens is 544 g/mol. The predicted octanol–water partition coefficient (Wildman–Crippen LogP) is -1.44. The number of fused-ring (bicyclic) bond motifs is 2. The molecule has 0 saturated carbocycles. The second-order valence-corrected chi connectivity index (χ2v) is 10.2. The summed E-state index contributed by atoms with van der Waals surface area (Å²) in [5, 5.41) is 60.9. The number of carbonyl (C=O) groups excluding carboxylic acids is 2. The predicted molar refractivity (Wildman–Crippen MR) is 136 cm³/mol. The van der Waals surface area contributed by atoms with Crippen LogP contribution in [0.3, 0.4) is 0 Å². The lowest BCUT2D eigenvalue weighted by Crippen LogP contribution is -2.60. The molecule has 0 bridgehead atoms. The summed E-state index contributed by atoms with van der Waals surface area (Å²) in [4.78, 5) is 26.5. The van der Waals surface area contributed by atoms with Gasteiger partial charge in [0.15, 0.2) is 24.1 Å². The van der Waals surface area contributed by atoms with E-state index in [9.17, 15) is 40.2 Å². The normalized spacial score (nSPS) is 33.3. The molecule has 2 aromatic carbocycles. The Balaban J connectivity index is 1.32. The van der Waals surface area contributed by atoms with E-state index in [0.29, 0.717) is 11.1 Å². The number of benzene rings is 2. The fraction of sp³-hybridized carbons (Fsp3) is 0.500. The monoisotopic (exact) mass is 576 g/mol. The molecule has 1 aliphatic carbocycles. The fourth-order valence-electron chi connectivity index (χ4n) is 5.26. The minimum atomic E-state index is -1.69. The zero-order valence-corrected chi connectivity index (χ0v) is 22.2. The van der Waals surface area contributed by atoms with Gasteiger partial charge in [-0.2, -0.15) is 0 Å². The van der Waals surface area contributed by atoms with Crippen molar-refractivity contribution in [2.45, 2.75) is 68.8 Å². The quantitative estimate of drug-likeness (QED) is 0.191.